The number of aliphatic imine (C=N–C) groups is 1. The second kappa shape index (κ2) is 6.39. The Bertz CT molecular complexity index is 727. The van der Waals surface area contributed by atoms with Crippen LogP contribution >= 0.6 is 0 Å². The summed E-state index contributed by atoms with van der Waals surface area (Å²) in [4.78, 5) is 16.7. The number of carbonyl (C=O) groups is 1. The minimum atomic E-state index is -0.431. The fourth-order valence-electron chi connectivity index (χ4n) is 2.34. The van der Waals surface area contributed by atoms with Crippen LogP contribution in [0.1, 0.15) is 22.3 Å². The van der Waals surface area contributed by atoms with E-state index in [-0.39, 0.29) is 11.5 Å². The summed E-state index contributed by atoms with van der Waals surface area (Å²) in [5.74, 6) is 0.00371. The van der Waals surface area contributed by atoms with E-state index in [1.165, 1.54) is 18.2 Å². The minimum Gasteiger partial charge on any atom is -0.370 e. The number of carbonyl (C=O) groups excluding carboxylic acids is 1. The maximum Gasteiger partial charge on any atom is 0.255 e. The average molecular weight is 297 g/mol. The largest absolute Gasteiger partial charge is 0.370 e. The average Bonchev–Trinajstić information content (AvgIpc) is 2.56. The Kier molecular flexibility index (Phi) is 4.14. The molecule has 112 valence electrons. The molecule has 2 aromatic rings. The molecular weight excluding hydrogens is 281 g/mol. The van der Waals surface area contributed by atoms with Crippen LogP contribution in [0.5, 0.6) is 0 Å². The van der Waals surface area contributed by atoms with E-state index < -0.39 is 5.82 Å². The topological polar surface area (TPSA) is 53.5 Å². The quantitative estimate of drug-likeness (QED) is 0.915. The number of halogens is 1. The van der Waals surface area contributed by atoms with Crippen molar-refractivity contribution in [3.63, 3.8) is 0 Å². The Morgan fingerprint density at radius 3 is 2.82 bits per heavy atom. The zero-order valence-corrected chi connectivity index (χ0v) is 12.0. The van der Waals surface area contributed by atoms with Crippen molar-refractivity contribution < 1.29 is 9.18 Å². The molecule has 2 aromatic carbocycles. The molecule has 0 saturated heterocycles. The SMILES string of the molecule is O=C(Nc1ccccc1C1=NCCCN1)c1cccc(F)c1. The van der Waals surface area contributed by atoms with Gasteiger partial charge < -0.3 is 10.6 Å². The summed E-state index contributed by atoms with van der Waals surface area (Å²) in [6, 6.07) is 13.1. The third-order valence-corrected chi connectivity index (χ3v) is 3.41. The molecule has 0 aromatic heterocycles. The van der Waals surface area contributed by atoms with Crippen molar-refractivity contribution >= 4 is 17.4 Å². The molecule has 3 rings (SSSR count). The number of nitrogens with one attached hydrogen (secondary N) is 2. The van der Waals surface area contributed by atoms with Crippen molar-refractivity contribution in [1.29, 1.82) is 0 Å². The van der Waals surface area contributed by atoms with Crippen LogP contribution in [0, 0.1) is 5.82 Å². The van der Waals surface area contributed by atoms with Crippen LogP contribution in [-0.2, 0) is 0 Å². The van der Waals surface area contributed by atoms with Gasteiger partial charge >= 0.3 is 0 Å². The number of hydrogen-bond donors (Lipinski definition) is 2. The molecule has 0 spiro atoms. The summed E-state index contributed by atoms with van der Waals surface area (Å²) in [7, 11) is 0. The van der Waals surface area contributed by atoms with E-state index in [4.69, 9.17) is 0 Å². The van der Waals surface area contributed by atoms with Gasteiger partial charge in [0.25, 0.3) is 5.91 Å². The molecule has 22 heavy (non-hydrogen) atoms. The third-order valence-electron chi connectivity index (χ3n) is 3.41. The van der Waals surface area contributed by atoms with Crippen molar-refractivity contribution in [1.82, 2.24) is 5.32 Å². The summed E-state index contributed by atoms with van der Waals surface area (Å²) < 4.78 is 13.2. The molecule has 0 radical (unpaired) electrons. The highest BCUT2D eigenvalue weighted by molar-refractivity contribution is 6.10. The fraction of sp³-hybridized carbons (Fsp3) is 0.176. The zero-order chi connectivity index (χ0) is 15.4. The summed E-state index contributed by atoms with van der Waals surface area (Å²) >= 11 is 0. The summed E-state index contributed by atoms with van der Waals surface area (Å²) in [6.45, 7) is 1.64. The zero-order valence-electron chi connectivity index (χ0n) is 12.0. The van der Waals surface area contributed by atoms with Crippen LogP contribution < -0.4 is 10.6 Å². The smallest absolute Gasteiger partial charge is 0.255 e. The summed E-state index contributed by atoms with van der Waals surface area (Å²) in [5, 5.41) is 6.06. The molecule has 5 heteroatoms. The van der Waals surface area contributed by atoms with Gasteiger partial charge in [-0.2, -0.15) is 0 Å². The van der Waals surface area contributed by atoms with Crippen LogP contribution in [0.25, 0.3) is 0 Å². The van der Waals surface area contributed by atoms with Gasteiger partial charge in [0.05, 0.1) is 5.69 Å². The maximum absolute atomic E-state index is 13.2. The Hall–Kier alpha value is -2.69. The predicted molar refractivity (Wildman–Crippen MR) is 84.8 cm³/mol. The van der Waals surface area contributed by atoms with Crippen molar-refractivity contribution in [2.24, 2.45) is 4.99 Å². The predicted octanol–water partition coefficient (Wildman–Crippen LogP) is 2.82. The number of amides is 1. The second-order valence-electron chi connectivity index (χ2n) is 5.02. The first kappa shape index (κ1) is 14.3. The number of benzene rings is 2. The number of para-hydroxylation sites is 1. The first-order valence-electron chi connectivity index (χ1n) is 7.19. The highest BCUT2D eigenvalue weighted by Crippen LogP contribution is 2.18. The van der Waals surface area contributed by atoms with E-state index in [2.05, 4.69) is 15.6 Å². The lowest BCUT2D eigenvalue weighted by Gasteiger charge is -2.17. The number of nitrogens with zero attached hydrogens (tertiary/aromatic N) is 1. The van der Waals surface area contributed by atoms with Gasteiger partial charge in [-0.3, -0.25) is 9.79 Å². The lowest BCUT2D eigenvalue weighted by Crippen LogP contribution is -2.31. The molecule has 1 aliphatic rings. The number of anilines is 1. The van der Waals surface area contributed by atoms with Crippen LogP contribution in [0.4, 0.5) is 10.1 Å². The van der Waals surface area contributed by atoms with E-state index >= 15 is 0 Å². The molecule has 4 nitrogen and oxygen atoms in total. The van der Waals surface area contributed by atoms with Gasteiger partial charge in [-0.05, 0) is 36.8 Å². The number of amidine groups is 1. The molecule has 2 N–H and O–H groups in total. The molecule has 0 fully saturated rings. The molecule has 0 unspecified atom stereocenters. The Morgan fingerprint density at radius 2 is 2.05 bits per heavy atom. The highest BCUT2D eigenvalue weighted by atomic mass is 19.1. The van der Waals surface area contributed by atoms with E-state index in [9.17, 15) is 9.18 Å². The van der Waals surface area contributed by atoms with Gasteiger partial charge in [-0.1, -0.05) is 18.2 Å². The molecule has 0 bridgehead atoms. The van der Waals surface area contributed by atoms with E-state index in [1.54, 1.807) is 6.07 Å². The lowest BCUT2D eigenvalue weighted by atomic mass is 10.1. The molecule has 0 aliphatic carbocycles. The monoisotopic (exact) mass is 297 g/mol. The molecule has 1 aliphatic heterocycles. The van der Waals surface area contributed by atoms with Gasteiger partial charge in [0.1, 0.15) is 11.7 Å². The van der Waals surface area contributed by atoms with E-state index in [1.807, 2.05) is 24.3 Å². The fourth-order valence-corrected chi connectivity index (χ4v) is 2.34. The minimum absolute atomic E-state index is 0.286. The molecule has 0 saturated carbocycles. The van der Waals surface area contributed by atoms with Crippen LogP contribution in [0.3, 0.4) is 0 Å². The molecular formula is C17H16FN3O. The molecule has 1 amide bonds. The van der Waals surface area contributed by atoms with Crippen molar-refractivity contribution in [3.05, 3.63) is 65.5 Å². The molecule has 1 heterocycles. The maximum atomic E-state index is 13.2. The summed E-state index contributed by atoms with van der Waals surface area (Å²) in [5.41, 5.74) is 1.78. The van der Waals surface area contributed by atoms with Crippen LogP contribution in [-0.4, -0.2) is 24.8 Å². The van der Waals surface area contributed by atoms with Crippen molar-refractivity contribution in [2.45, 2.75) is 6.42 Å². The van der Waals surface area contributed by atoms with Crippen molar-refractivity contribution in [2.75, 3.05) is 18.4 Å². The van der Waals surface area contributed by atoms with Crippen LogP contribution in [0.2, 0.25) is 0 Å². The first-order chi connectivity index (χ1) is 10.7. The standard InChI is InChI=1S/C17H16FN3O/c18-13-6-3-5-12(11-13)17(22)21-15-8-2-1-7-14(15)16-19-9-4-10-20-16/h1-3,5-8,11H,4,9-10H2,(H,19,20)(H,21,22). The van der Waals surface area contributed by atoms with Gasteiger partial charge in [0.15, 0.2) is 0 Å². The Labute approximate surface area is 128 Å². The van der Waals surface area contributed by atoms with Gasteiger partial charge in [-0.15, -0.1) is 0 Å². The number of rotatable bonds is 3. The third kappa shape index (κ3) is 3.14. The first-order valence-corrected chi connectivity index (χ1v) is 7.19. The lowest BCUT2D eigenvalue weighted by molar-refractivity contribution is 0.102. The number of hydrogen-bond acceptors (Lipinski definition) is 3. The normalized spacial score (nSPS) is 14.0. The molecule has 0 atom stereocenters. The van der Waals surface area contributed by atoms with Gasteiger partial charge in [0, 0.05) is 24.2 Å². The van der Waals surface area contributed by atoms with Gasteiger partial charge in [0.2, 0.25) is 0 Å². The van der Waals surface area contributed by atoms with E-state index in [0.717, 1.165) is 30.9 Å². The van der Waals surface area contributed by atoms with Crippen molar-refractivity contribution in [3.8, 4) is 0 Å². The van der Waals surface area contributed by atoms with Gasteiger partial charge in [-0.25, -0.2) is 4.39 Å². The van der Waals surface area contributed by atoms with E-state index in [0.29, 0.717) is 5.69 Å². The Balaban J connectivity index is 1.86. The Morgan fingerprint density at radius 1 is 1.18 bits per heavy atom. The summed E-state index contributed by atoms with van der Waals surface area (Å²) in [6.07, 6.45) is 1.00. The highest BCUT2D eigenvalue weighted by Gasteiger charge is 2.14. The second-order valence-corrected chi connectivity index (χ2v) is 5.02. The van der Waals surface area contributed by atoms with Crippen LogP contribution in [0.15, 0.2) is 53.5 Å².